The Morgan fingerprint density at radius 3 is 2.28 bits per heavy atom. The number of ether oxygens (including phenoxy) is 1. The first-order valence-electron chi connectivity index (χ1n) is 6.47. The van der Waals surface area contributed by atoms with Crippen LogP contribution in [0.5, 0.6) is 5.75 Å². The van der Waals surface area contributed by atoms with Crippen molar-refractivity contribution in [2.75, 3.05) is 12.9 Å². The van der Waals surface area contributed by atoms with Gasteiger partial charge in [0.2, 0.25) is 0 Å². The second kappa shape index (κ2) is 8.01. The van der Waals surface area contributed by atoms with E-state index in [0.29, 0.717) is 12.0 Å². The van der Waals surface area contributed by atoms with Crippen LogP contribution in [0, 0.1) is 0 Å². The number of carbonyl (C=O) groups is 2. The van der Waals surface area contributed by atoms with Crippen molar-refractivity contribution in [1.82, 2.24) is 9.62 Å². The van der Waals surface area contributed by atoms with Crippen LogP contribution in [0.25, 0.3) is 0 Å². The van der Waals surface area contributed by atoms with Crippen LogP contribution in [-0.4, -0.2) is 61.8 Å². The van der Waals surface area contributed by atoms with Gasteiger partial charge in [0.05, 0.1) is 0 Å². The molecule has 25 heavy (non-hydrogen) atoms. The van der Waals surface area contributed by atoms with Gasteiger partial charge >= 0.3 is 29.6 Å². The van der Waals surface area contributed by atoms with Crippen molar-refractivity contribution in [3.8, 4) is 5.75 Å². The fourth-order valence-electron chi connectivity index (χ4n) is 2.11. The molecular weight excluding hydrogens is 387 g/mol. The van der Waals surface area contributed by atoms with E-state index in [9.17, 15) is 31.0 Å². The summed E-state index contributed by atoms with van der Waals surface area (Å²) in [5.41, 5.74) is 0. The number of nitrogens with zero attached hydrogens (tertiary/aromatic N) is 1. The van der Waals surface area contributed by atoms with Crippen LogP contribution in [0.2, 0.25) is 0 Å². The third kappa shape index (κ3) is 5.15. The Bertz CT molecular complexity index is 856. The van der Waals surface area contributed by atoms with E-state index in [0.717, 1.165) is 0 Å². The average molecular weight is 400 g/mol. The third-order valence-corrected chi connectivity index (χ3v) is 5.49. The molecule has 2 rings (SSSR count). The molecule has 0 unspecified atom stereocenters. The number of benzene rings is 1. The van der Waals surface area contributed by atoms with Gasteiger partial charge in [0.15, 0.2) is 32.1 Å². The molecule has 1 aliphatic heterocycles. The topological polar surface area (TPSA) is 150 Å². The first-order chi connectivity index (χ1) is 11.0. The Morgan fingerprint density at radius 1 is 1.24 bits per heavy atom. The van der Waals surface area contributed by atoms with Gasteiger partial charge in [-0.2, -0.15) is 0 Å². The van der Waals surface area contributed by atoms with Crippen LogP contribution in [0.3, 0.4) is 0 Å². The summed E-state index contributed by atoms with van der Waals surface area (Å²) in [5, 5.41) is 0.0928. The summed E-state index contributed by atoms with van der Waals surface area (Å²) in [6.45, 7) is -0.519. The van der Waals surface area contributed by atoms with Gasteiger partial charge in [0.1, 0.15) is 11.8 Å². The molecule has 132 valence electrons. The van der Waals surface area contributed by atoms with E-state index >= 15 is 0 Å². The molecule has 1 fully saturated rings. The second-order valence-electron chi connectivity index (χ2n) is 4.96. The number of para-hydroxylation sites is 1. The molecule has 0 bridgehead atoms. The van der Waals surface area contributed by atoms with Gasteiger partial charge in [-0.25, -0.2) is 21.1 Å². The molecule has 13 heteroatoms. The van der Waals surface area contributed by atoms with E-state index in [1.807, 2.05) is 0 Å². The van der Waals surface area contributed by atoms with E-state index in [4.69, 9.17) is 4.74 Å². The summed E-state index contributed by atoms with van der Waals surface area (Å²) in [4.78, 5) is 23.5. The van der Waals surface area contributed by atoms with Gasteiger partial charge in [-0.15, -0.1) is 0 Å². The standard InChI is InChI=1S/C12H14N2O8S2.Na/c1-23(17,18)12-10(11(16)14(12)24(19,20)21)13-9(15)7-22-8-5-3-2-4-6-8;/h2-6,10,12H,7H2,1H3,(H,13,15)(H,19,20,21);/q;+1/p-1/t10-,12-;/m1./s1. The van der Waals surface area contributed by atoms with Crippen LogP contribution >= 0.6 is 0 Å². The Kier molecular flexibility index (Phi) is 7.01. The van der Waals surface area contributed by atoms with Crippen molar-refractivity contribution in [2.24, 2.45) is 0 Å². The smallest absolute Gasteiger partial charge is 0.731 e. The number of rotatable bonds is 6. The van der Waals surface area contributed by atoms with E-state index < -0.39 is 50.0 Å². The van der Waals surface area contributed by atoms with Crippen molar-refractivity contribution in [1.29, 1.82) is 0 Å². The second-order valence-corrected chi connectivity index (χ2v) is 8.35. The predicted molar refractivity (Wildman–Crippen MR) is 79.0 cm³/mol. The maximum absolute atomic E-state index is 11.8. The number of hydrogen-bond donors (Lipinski definition) is 1. The number of nitrogens with one attached hydrogen (secondary N) is 1. The normalized spacial score (nSPS) is 20.2. The minimum atomic E-state index is -5.30. The Balaban J connectivity index is 0.00000312. The molecule has 2 amide bonds. The maximum Gasteiger partial charge on any atom is 1.00 e. The molecule has 1 saturated heterocycles. The van der Waals surface area contributed by atoms with Crippen LogP contribution < -0.4 is 39.6 Å². The van der Waals surface area contributed by atoms with Crippen molar-refractivity contribution in [3.63, 3.8) is 0 Å². The van der Waals surface area contributed by atoms with E-state index in [-0.39, 0.29) is 33.9 Å². The molecule has 1 aliphatic rings. The van der Waals surface area contributed by atoms with Gasteiger partial charge in [-0.1, -0.05) is 18.2 Å². The van der Waals surface area contributed by atoms with Crippen LogP contribution in [0.1, 0.15) is 0 Å². The van der Waals surface area contributed by atoms with Crippen molar-refractivity contribution in [3.05, 3.63) is 30.3 Å². The SMILES string of the molecule is CS(=O)(=O)[C@@H]1[C@H](NC(=O)COc2ccccc2)C(=O)N1S(=O)(=O)[O-].[Na+]. The largest absolute Gasteiger partial charge is 1.00 e. The molecule has 0 spiro atoms. The number of carbonyl (C=O) groups excluding carboxylic acids is 2. The molecule has 1 aromatic carbocycles. The van der Waals surface area contributed by atoms with Gasteiger partial charge in [0, 0.05) is 6.26 Å². The zero-order valence-corrected chi connectivity index (χ0v) is 16.9. The number of hydrogen-bond acceptors (Lipinski definition) is 8. The fraction of sp³-hybridized carbons (Fsp3) is 0.333. The summed E-state index contributed by atoms with van der Waals surface area (Å²) in [5.74, 6) is -1.78. The molecule has 1 aromatic rings. The molecular formula is C12H13N2NaO8S2. The Labute approximate surface area is 166 Å². The number of sulfone groups is 1. The van der Waals surface area contributed by atoms with Crippen LogP contribution in [0.15, 0.2) is 30.3 Å². The summed E-state index contributed by atoms with van der Waals surface area (Å²) in [6, 6.07) is 6.56. The first-order valence-corrected chi connectivity index (χ1v) is 9.79. The molecule has 1 N–H and O–H groups in total. The van der Waals surface area contributed by atoms with Crippen molar-refractivity contribution >= 4 is 32.0 Å². The third-order valence-electron chi connectivity index (χ3n) is 3.11. The van der Waals surface area contributed by atoms with Gasteiger partial charge in [-0.3, -0.25) is 9.59 Å². The van der Waals surface area contributed by atoms with Gasteiger partial charge < -0.3 is 14.6 Å². The molecule has 2 atom stereocenters. The molecule has 1 heterocycles. The zero-order chi connectivity index (χ0) is 18.1. The Hall–Kier alpha value is -1.18. The minimum absolute atomic E-state index is 0. The Morgan fingerprint density at radius 2 is 1.80 bits per heavy atom. The minimum Gasteiger partial charge on any atom is -0.731 e. The zero-order valence-electron chi connectivity index (χ0n) is 13.3. The molecule has 0 aliphatic carbocycles. The maximum atomic E-state index is 11.8. The first kappa shape index (κ1) is 21.9. The fourth-order valence-corrected chi connectivity index (χ4v) is 4.74. The summed E-state index contributed by atoms with van der Waals surface area (Å²) in [6.07, 6.45) is 0.655. The average Bonchev–Trinajstić information content (AvgIpc) is 2.46. The van der Waals surface area contributed by atoms with Crippen LogP contribution in [0.4, 0.5) is 0 Å². The summed E-state index contributed by atoms with van der Waals surface area (Å²) in [7, 11) is -9.42. The number of β-lactam (4-membered cyclic amide) rings is 1. The molecule has 0 saturated carbocycles. The van der Waals surface area contributed by atoms with Crippen LogP contribution in [-0.2, 0) is 29.7 Å². The van der Waals surface area contributed by atoms with E-state index in [1.165, 1.54) is 0 Å². The van der Waals surface area contributed by atoms with Gasteiger partial charge in [0.25, 0.3) is 11.8 Å². The summed E-state index contributed by atoms with van der Waals surface area (Å²) < 4.78 is 60.9. The number of amides is 2. The van der Waals surface area contributed by atoms with E-state index in [1.54, 1.807) is 30.3 Å². The van der Waals surface area contributed by atoms with Crippen molar-refractivity contribution in [2.45, 2.75) is 11.4 Å². The van der Waals surface area contributed by atoms with E-state index in [2.05, 4.69) is 5.32 Å². The predicted octanol–water partition coefficient (Wildman–Crippen LogP) is -4.77. The van der Waals surface area contributed by atoms with Gasteiger partial charge in [-0.05, 0) is 12.1 Å². The molecule has 0 aromatic heterocycles. The molecule has 0 radical (unpaired) electrons. The summed E-state index contributed by atoms with van der Waals surface area (Å²) >= 11 is 0. The quantitative estimate of drug-likeness (QED) is 0.284. The van der Waals surface area contributed by atoms with Crippen molar-refractivity contribution < 1.29 is 65.3 Å². The molecule has 10 nitrogen and oxygen atoms in total. The monoisotopic (exact) mass is 400 g/mol.